The second-order valence-electron chi connectivity index (χ2n) is 5.86. The summed E-state index contributed by atoms with van der Waals surface area (Å²) in [5.41, 5.74) is 2.02. The van der Waals surface area contributed by atoms with Crippen molar-refractivity contribution in [1.29, 1.82) is 0 Å². The van der Waals surface area contributed by atoms with Crippen LogP contribution in [0.2, 0.25) is 0 Å². The summed E-state index contributed by atoms with van der Waals surface area (Å²) in [6.07, 6.45) is 3.84. The van der Waals surface area contributed by atoms with Crippen molar-refractivity contribution in [2.24, 2.45) is 0 Å². The third kappa shape index (κ3) is 4.59. The van der Waals surface area contributed by atoms with Crippen molar-refractivity contribution in [2.75, 3.05) is 26.6 Å². The molecule has 0 aliphatic rings. The number of nitrogens with zero attached hydrogens (tertiary/aromatic N) is 2. The lowest BCUT2D eigenvalue weighted by Gasteiger charge is -2.12. The molecule has 28 heavy (non-hydrogen) atoms. The molecule has 148 valence electrons. The molecule has 8 nitrogen and oxygen atoms in total. The van der Waals surface area contributed by atoms with Gasteiger partial charge in [-0.2, -0.15) is 0 Å². The molecule has 0 bridgehead atoms. The summed E-state index contributed by atoms with van der Waals surface area (Å²) in [5, 5.41) is 3.11. The van der Waals surface area contributed by atoms with E-state index in [1.165, 1.54) is 14.2 Å². The normalized spacial score (nSPS) is 11.4. The summed E-state index contributed by atoms with van der Waals surface area (Å²) in [6, 6.07) is 11.3. The number of hydrogen-bond acceptors (Lipinski definition) is 8. The number of nitrogens with one attached hydrogen (secondary N) is 1. The number of aromatic nitrogens is 2. The number of methoxy groups -OCH3 is 1. The van der Waals surface area contributed by atoms with E-state index in [1.807, 2.05) is 36.4 Å². The van der Waals surface area contributed by atoms with E-state index in [0.717, 1.165) is 16.9 Å². The number of oxazole rings is 1. The number of benzene rings is 1. The Labute approximate surface area is 163 Å². The van der Waals surface area contributed by atoms with Crippen molar-refractivity contribution < 1.29 is 22.8 Å². The number of anilines is 1. The average Bonchev–Trinajstić information content (AvgIpc) is 3.16. The Morgan fingerprint density at radius 3 is 2.43 bits per heavy atom. The first-order valence-electron chi connectivity index (χ1n) is 8.55. The summed E-state index contributed by atoms with van der Waals surface area (Å²) in [4.78, 5) is 8.46. The Hall–Kier alpha value is -2.67. The molecule has 2 aromatic heterocycles. The summed E-state index contributed by atoms with van der Waals surface area (Å²) in [7, 11) is 0.647. The van der Waals surface area contributed by atoms with Gasteiger partial charge >= 0.3 is 7.60 Å². The maximum atomic E-state index is 12.9. The fourth-order valence-electron chi connectivity index (χ4n) is 2.58. The van der Waals surface area contributed by atoms with Gasteiger partial charge in [-0.15, -0.1) is 0 Å². The molecule has 0 fully saturated rings. The number of ether oxygens (including phenoxy) is 1. The monoisotopic (exact) mass is 403 g/mol. The van der Waals surface area contributed by atoms with Crippen LogP contribution in [0.3, 0.4) is 0 Å². The molecule has 3 rings (SSSR count). The van der Waals surface area contributed by atoms with Crippen molar-refractivity contribution in [3.8, 4) is 5.75 Å². The molecule has 0 saturated heterocycles. The van der Waals surface area contributed by atoms with Crippen LogP contribution >= 0.6 is 7.60 Å². The van der Waals surface area contributed by atoms with Gasteiger partial charge in [-0.3, -0.25) is 9.55 Å². The van der Waals surface area contributed by atoms with Crippen LogP contribution in [-0.4, -0.2) is 31.3 Å². The molecule has 0 radical (unpaired) electrons. The van der Waals surface area contributed by atoms with Gasteiger partial charge in [0.05, 0.1) is 7.11 Å². The van der Waals surface area contributed by atoms with E-state index in [4.69, 9.17) is 18.2 Å². The predicted molar refractivity (Wildman–Crippen MR) is 105 cm³/mol. The maximum absolute atomic E-state index is 12.9. The smallest absolute Gasteiger partial charge is 0.384 e. The minimum Gasteiger partial charge on any atom is -0.497 e. The zero-order valence-corrected chi connectivity index (χ0v) is 16.8. The third-order valence-corrected chi connectivity index (χ3v) is 5.87. The zero-order chi connectivity index (χ0) is 20.0. The number of pyridine rings is 1. The Bertz CT molecular complexity index is 936. The van der Waals surface area contributed by atoms with Crippen molar-refractivity contribution in [1.82, 2.24) is 9.97 Å². The largest absolute Gasteiger partial charge is 0.497 e. The van der Waals surface area contributed by atoms with Crippen molar-refractivity contribution >= 4 is 18.9 Å². The second-order valence-corrected chi connectivity index (χ2v) is 8.01. The van der Waals surface area contributed by atoms with E-state index in [0.29, 0.717) is 18.9 Å². The fourth-order valence-corrected chi connectivity index (χ4v) is 3.68. The molecule has 9 heteroatoms. The lowest BCUT2D eigenvalue weighted by Crippen LogP contribution is -2.15. The highest BCUT2D eigenvalue weighted by Gasteiger charge is 2.34. The molecular weight excluding hydrogens is 381 g/mol. The maximum Gasteiger partial charge on any atom is 0.384 e. The van der Waals surface area contributed by atoms with Crippen LogP contribution in [0.1, 0.15) is 17.0 Å². The molecule has 0 saturated carbocycles. The minimum absolute atomic E-state index is 0.116. The van der Waals surface area contributed by atoms with Crippen LogP contribution < -0.4 is 15.5 Å². The molecule has 0 amide bonds. The zero-order valence-electron chi connectivity index (χ0n) is 15.9. The Kier molecular flexibility index (Phi) is 6.46. The Morgan fingerprint density at radius 1 is 1.07 bits per heavy atom. The van der Waals surface area contributed by atoms with Gasteiger partial charge < -0.3 is 23.5 Å². The lowest BCUT2D eigenvalue weighted by atomic mass is 10.1. The predicted octanol–water partition coefficient (Wildman–Crippen LogP) is 3.39. The molecule has 0 atom stereocenters. The van der Waals surface area contributed by atoms with Gasteiger partial charge in [-0.05, 0) is 29.3 Å². The van der Waals surface area contributed by atoms with Gasteiger partial charge in [-0.1, -0.05) is 18.2 Å². The van der Waals surface area contributed by atoms with Gasteiger partial charge in [0.25, 0.3) is 0 Å². The number of rotatable bonds is 9. The van der Waals surface area contributed by atoms with E-state index in [-0.39, 0.29) is 11.3 Å². The second kappa shape index (κ2) is 9.01. The van der Waals surface area contributed by atoms with Crippen LogP contribution in [-0.2, 0) is 26.6 Å². The Balaban J connectivity index is 1.86. The quantitative estimate of drug-likeness (QED) is 0.543. The highest BCUT2D eigenvalue weighted by molar-refractivity contribution is 7.62. The summed E-state index contributed by atoms with van der Waals surface area (Å²) in [5.74, 6) is 1.40. The number of hydrogen-bond donors (Lipinski definition) is 1. The summed E-state index contributed by atoms with van der Waals surface area (Å²) < 4.78 is 34.1. The molecule has 0 unspecified atom stereocenters. The van der Waals surface area contributed by atoms with Gasteiger partial charge in [0, 0.05) is 39.6 Å². The fraction of sp³-hybridized carbons (Fsp3) is 0.263. The average molecular weight is 403 g/mol. The van der Waals surface area contributed by atoms with Crippen molar-refractivity contribution in [2.45, 2.75) is 13.0 Å². The van der Waals surface area contributed by atoms with E-state index in [9.17, 15) is 4.57 Å². The summed E-state index contributed by atoms with van der Waals surface area (Å²) in [6.45, 7) is 0.422. The van der Waals surface area contributed by atoms with Gasteiger partial charge in [0.15, 0.2) is 0 Å². The first-order valence-corrected chi connectivity index (χ1v) is 10.1. The first kappa shape index (κ1) is 20.1. The highest BCUT2D eigenvalue weighted by Crippen LogP contribution is 2.47. The van der Waals surface area contributed by atoms with E-state index < -0.39 is 7.60 Å². The van der Waals surface area contributed by atoms with Gasteiger partial charge in [-0.25, -0.2) is 4.98 Å². The minimum atomic E-state index is -3.59. The SMILES string of the molecule is COc1ccc(Cc2nc(P(=O)(OC)OC)c(NCc3cccnc3)o2)cc1. The molecule has 0 spiro atoms. The van der Waals surface area contributed by atoms with Crippen molar-refractivity contribution in [3.63, 3.8) is 0 Å². The van der Waals surface area contributed by atoms with Crippen LogP contribution in [0.25, 0.3) is 0 Å². The van der Waals surface area contributed by atoms with E-state index in [2.05, 4.69) is 15.3 Å². The molecule has 0 aliphatic heterocycles. The van der Waals surface area contributed by atoms with Crippen LogP contribution in [0.4, 0.5) is 5.88 Å². The standard InChI is InChI=1S/C19H22N3O5P/c1-24-16-8-6-14(7-9-16)11-17-22-19(28(23,25-2)26-3)18(27-17)21-13-15-5-4-10-20-12-15/h4-10,12,21H,11,13H2,1-3H3. The van der Waals surface area contributed by atoms with Crippen LogP contribution in [0.5, 0.6) is 5.75 Å². The van der Waals surface area contributed by atoms with E-state index in [1.54, 1.807) is 19.5 Å². The van der Waals surface area contributed by atoms with Crippen molar-refractivity contribution in [3.05, 3.63) is 65.8 Å². The molecule has 1 N–H and O–H groups in total. The topological polar surface area (TPSA) is 95.7 Å². The molecule has 3 aromatic rings. The summed E-state index contributed by atoms with van der Waals surface area (Å²) >= 11 is 0. The third-order valence-electron chi connectivity index (χ3n) is 4.08. The first-order chi connectivity index (χ1) is 13.6. The van der Waals surface area contributed by atoms with Crippen LogP contribution in [0, 0.1) is 0 Å². The molecule has 2 heterocycles. The highest BCUT2D eigenvalue weighted by atomic mass is 31.2. The van der Waals surface area contributed by atoms with Crippen LogP contribution in [0.15, 0.2) is 53.2 Å². The molecule has 0 aliphatic carbocycles. The van der Waals surface area contributed by atoms with Gasteiger partial charge in [0.1, 0.15) is 5.75 Å². The lowest BCUT2D eigenvalue weighted by molar-refractivity contribution is 0.286. The Morgan fingerprint density at radius 2 is 1.82 bits per heavy atom. The molecular formula is C19H22N3O5P. The van der Waals surface area contributed by atoms with E-state index >= 15 is 0 Å². The molecule has 1 aromatic carbocycles. The van der Waals surface area contributed by atoms with Gasteiger partial charge in [0.2, 0.25) is 17.2 Å².